The first kappa shape index (κ1) is 85.6. The smallest absolute Gasteiger partial charge is 0.261 e. The highest BCUT2D eigenvalue weighted by Crippen LogP contribution is 2.42. The Balaban J connectivity index is 0.000000103. The fraction of sp³-hybridized carbons (Fsp3) is 0.143. The topological polar surface area (TPSA) is 441 Å². The molecule has 25 heterocycles. The summed E-state index contributed by atoms with van der Waals surface area (Å²) in [5.41, 5.74) is 25.5. The van der Waals surface area contributed by atoms with Gasteiger partial charge in [-0.15, -0.1) is 45.3 Å². The van der Waals surface area contributed by atoms with Gasteiger partial charge < -0.3 is 30.6 Å². The summed E-state index contributed by atoms with van der Waals surface area (Å²) in [6, 6.07) is 29.5. The highest BCUT2D eigenvalue weighted by atomic mass is 32.1. The Morgan fingerprint density at radius 1 is 0.435 bits per heavy atom. The fourth-order valence-corrected chi connectivity index (χ4v) is 20.3. The predicted molar refractivity (Wildman–Crippen MR) is 528 cm³/mol. The van der Waals surface area contributed by atoms with Crippen molar-refractivity contribution in [3.63, 3.8) is 0 Å². The van der Waals surface area contributed by atoms with Gasteiger partial charge in [-0.25, -0.2) is 58.6 Å². The minimum Gasteiger partial charge on any atom is -0.335 e. The Bertz CT molecular complexity index is 8570. The quantitative estimate of drug-likeness (QED) is 0.0339. The number of carbonyl (C=O) groups is 1. The van der Waals surface area contributed by atoms with Gasteiger partial charge in [-0.1, -0.05) is 38.0 Å². The van der Waals surface area contributed by atoms with Crippen LogP contribution >= 0.6 is 45.3 Å². The largest absolute Gasteiger partial charge is 0.335 e. The maximum absolute atomic E-state index is 13.6. The van der Waals surface area contributed by atoms with E-state index in [0.29, 0.717) is 82.3 Å². The number of thiophene rings is 4. The lowest BCUT2D eigenvalue weighted by molar-refractivity contribution is -0.115. The first-order valence-corrected chi connectivity index (χ1v) is 47.6. The molecule has 0 aromatic carbocycles. The number of likely N-dealkylation sites (tertiary alicyclic amines) is 1. The molecule has 24 aromatic rings. The van der Waals surface area contributed by atoms with Crippen molar-refractivity contribution in [2.75, 3.05) is 25.0 Å². The average Bonchev–Trinajstić information content (AvgIpc) is 1.63. The number of nitrogens with one attached hydrogen (secondary N) is 10. The lowest BCUT2D eigenvalue weighted by Gasteiger charge is -2.15. The second kappa shape index (κ2) is 37.0. The molecule has 2 fully saturated rings. The van der Waals surface area contributed by atoms with E-state index in [9.17, 15) is 18.0 Å². The van der Waals surface area contributed by atoms with Crippen LogP contribution < -0.4 is 10.6 Å². The number of carbonyl (C=O) groups excluding carboxylic acids is 1. The minimum absolute atomic E-state index is 0.0846. The van der Waals surface area contributed by atoms with E-state index in [1.54, 1.807) is 132 Å². The van der Waals surface area contributed by atoms with Gasteiger partial charge in [0.05, 0.1) is 86.8 Å². The summed E-state index contributed by atoms with van der Waals surface area (Å²) in [5.74, 6) is 0.728. The van der Waals surface area contributed by atoms with Gasteiger partial charge in [-0.2, -0.15) is 24.8 Å². The van der Waals surface area contributed by atoms with Crippen LogP contribution in [0.15, 0.2) is 237 Å². The SMILES string of the molecule is CCC(=O)Nc1cncc(-c2cnc3n[nH]c(-c4nc5c(-c6ccc(F)s6)cncc5[nH]4)c3c2)c1.FC1(F)CCN(Cc2cncc(-c3cnc4n[nH]c(-c5nc6c(-c7cccs7)cncc6[nH]5)c4c3)c2)C1.c1csc(-c2cncc3[nH]c(-c4[nH]nc5ncc(-c6cncc(CNCC7CCCC7)c6)cc45)nc23)c1.c1csc(-c2cncc3[nH]c(-c4[nH]nc5ncc(-c6cncnc6)cc45)nc23)c1. The molecular formula is C98H75F3N32OS4. The van der Waals surface area contributed by atoms with Gasteiger partial charge in [-0.05, 0) is 125 Å². The lowest BCUT2D eigenvalue weighted by Crippen LogP contribution is -2.24. The maximum atomic E-state index is 13.6. The summed E-state index contributed by atoms with van der Waals surface area (Å²) in [5, 5.41) is 45.4. The van der Waals surface area contributed by atoms with Crippen molar-refractivity contribution in [3.05, 3.63) is 254 Å². The second-order valence-corrected chi connectivity index (χ2v) is 37.1. The van der Waals surface area contributed by atoms with E-state index in [1.165, 1.54) is 43.6 Å². The van der Waals surface area contributed by atoms with Crippen LogP contribution in [0, 0.1) is 11.0 Å². The number of imidazole rings is 4. The van der Waals surface area contributed by atoms with Crippen molar-refractivity contribution in [3.8, 4) is 132 Å². The van der Waals surface area contributed by atoms with E-state index in [0.717, 1.165) is 199 Å². The molecule has 1 aliphatic carbocycles. The number of nitrogens with zero attached hydrogens (tertiary/aromatic N) is 22. The Morgan fingerprint density at radius 3 is 1.23 bits per heavy atom. The third-order valence-corrected chi connectivity index (χ3v) is 27.7. The van der Waals surface area contributed by atoms with Crippen LogP contribution in [0.4, 0.5) is 18.9 Å². The number of hydrogen-bond acceptors (Lipinski definition) is 28. The summed E-state index contributed by atoms with van der Waals surface area (Å²) in [6.07, 6.45) is 42.7. The van der Waals surface area contributed by atoms with E-state index in [2.05, 4.69) is 172 Å². The summed E-state index contributed by atoms with van der Waals surface area (Å²) < 4.78 is 40.9. The van der Waals surface area contributed by atoms with E-state index in [1.807, 2.05) is 103 Å². The molecule has 1 amide bonds. The molecule has 138 heavy (non-hydrogen) atoms. The molecule has 0 atom stereocenters. The second-order valence-electron chi connectivity index (χ2n) is 33.2. The zero-order valence-electron chi connectivity index (χ0n) is 72.9. The Kier molecular flexibility index (Phi) is 23.0. The molecular weight excluding hydrogens is 1830 g/mol. The van der Waals surface area contributed by atoms with Crippen LogP contribution in [0.1, 0.15) is 56.6 Å². The Hall–Kier alpha value is -16.5. The van der Waals surface area contributed by atoms with Gasteiger partial charge in [0.1, 0.15) is 51.2 Å². The number of pyridine rings is 11. The minimum atomic E-state index is -2.62. The van der Waals surface area contributed by atoms with Crippen LogP contribution in [0.5, 0.6) is 0 Å². The summed E-state index contributed by atoms with van der Waals surface area (Å²) >= 11 is 6.03. The van der Waals surface area contributed by atoms with Gasteiger partial charge in [-0.3, -0.25) is 65.0 Å². The van der Waals surface area contributed by atoms with Crippen molar-refractivity contribution < 1.29 is 18.0 Å². The molecule has 0 bridgehead atoms. The van der Waals surface area contributed by atoms with Crippen LogP contribution in [0.2, 0.25) is 0 Å². The van der Waals surface area contributed by atoms with Gasteiger partial charge in [0.15, 0.2) is 51.0 Å². The highest BCUT2D eigenvalue weighted by molar-refractivity contribution is 7.14. The first-order valence-electron chi connectivity index (χ1n) is 44.1. The number of anilines is 1. The molecule has 26 rings (SSSR count). The van der Waals surface area contributed by atoms with Gasteiger partial charge in [0.2, 0.25) is 5.91 Å². The number of halogens is 3. The number of fused-ring (bicyclic) bond motifs is 8. The number of H-pyrrole nitrogens is 8. The predicted octanol–water partition coefficient (Wildman–Crippen LogP) is 20.8. The number of aromatic nitrogens is 29. The number of hydrogen-bond donors (Lipinski definition) is 10. The van der Waals surface area contributed by atoms with Crippen LogP contribution in [-0.4, -0.2) is 182 Å². The molecule has 1 saturated heterocycles. The number of alkyl halides is 2. The number of aromatic amines is 8. The molecule has 1 aliphatic heterocycles. The normalized spacial score (nSPS) is 13.3. The van der Waals surface area contributed by atoms with E-state index < -0.39 is 5.92 Å². The first-order chi connectivity index (χ1) is 67.8. The van der Waals surface area contributed by atoms with Crippen molar-refractivity contribution in [1.82, 2.24) is 156 Å². The molecule has 33 nitrogen and oxygen atoms in total. The van der Waals surface area contributed by atoms with Crippen LogP contribution in [0.3, 0.4) is 0 Å². The number of amides is 1. The van der Waals surface area contributed by atoms with Crippen LogP contribution in [-0.2, 0) is 17.9 Å². The third-order valence-electron chi connectivity index (χ3n) is 24.1. The summed E-state index contributed by atoms with van der Waals surface area (Å²) in [4.78, 5) is 107. The third kappa shape index (κ3) is 17.5. The average molecular weight is 1900 g/mol. The van der Waals surface area contributed by atoms with E-state index in [-0.39, 0.29) is 24.0 Å². The van der Waals surface area contributed by atoms with Gasteiger partial charge in [0.25, 0.3) is 5.92 Å². The summed E-state index contributed by atoms with van der Waals surface area (Å²) in [6.45, 7) is 4.29. The molecule has 40 heteroatoms. The van der Waals surface area contributed by atoms with Crippen molar-refractivity contribution in [1.29, 1.82) is 0 Å². The standard InChI is InChI=1S/C28H26N8S.C26H20F2N8S.C24H17FN8OS.C20H12N8S/c1-2-5-17(4-1)10-29-11-18-8-19(13-30-12-18)20-9-21-26(35-36-27(21)32-14-20)28-33-23-16-31-15-22(25(23)34-28)24-6-3-7-37-24;27-26(28)3-4-36(14-26)13-15-6-16(9-29-8-15)17-7-18-23(34-35-24(18)31-10-17)25-32-20-12-30-11-19(22(20)33-25)21-2-1-5-37-21;1-2-20(34)29-14-5-12(7-26-9-14)13-6-15-22(32-33-23(15)28-8-13)24-30-17-11-27-10-16(21(17)31-24)18-3-4-19(25)35-18;1-2-16(29-3-1)14-8-21-9-15-17(14)26-20(25-15)18-13-4-11(7-24-19(13)28-27-18)12-5-22-10-23-6-12/h3,6-9,12-17,29H,1-2,4-5,10-11H2,(H,33,34)(H,32,35,36);1-2,5-12H,3-4,13-14H2,(H,32,33)(H,31,34,35);3-11H,2H2,1H3,(H,29,34)(H,30,31)(H,28,32,33);1-10H,(H,25,26)(H,24,27,28). The zero-order valence-corrected chi connectivity index (χ0v) is 76.2. The Labute approximate surface area is 794 Å². The highest BCUT2D eigenvalue weighted by Gasteiger charge is 2.38. The lowest BCUT2D eigenvalue weighted by atomic mass is 10.1. The van der Waals surface area contributed by atoms with Crippen molar-refractivity contribution in [2.24, 2.45) is 5.92 Å². The monoisotopic (exact) mass is 1900 g/mol. The van der Waals surface area contributed by atoms with Crippen molar-refractivity contribution >= 4 is 145 Å². The molecule has 24 aromatic heterocycles. The van der Waals surface area contributed by atoms with Gasteiger partial charge in [0, 0.05) is 212 Å². The maximum Gasteiger partial charge on any atom is 0.261 e. The Morgan fingerprint density at radius 2 is 0.826 bits per heavy atom. The molecule has 10 N–H and O–H groups in total. The number of rotatable bonds is 20. The fourth-order valence-electron chi connectivity index (χ4n) is 17.3. The summed E-state index contributed by atoms with van der Waals surface area (Å²) in [7, 11) is 0. The van der Waals surface area contributed by atoms with E-state index in [4.69, 9.17) is 19.9 Å². The molecule has 0 unspecified atom stereocenters. The van der Waals surface area contributed by atoms with Crippen molar-refractivity contribution in [2.45, 2.75) is 64.5 Å². The molecule has 2 aliphatic rings. The molecule has 0 spiro atoms. The zero-order chi connectivity index (χ0) is 92.7. The van der Waals surface area contributed by atoms with E-state index >= 15 is 0 Å². The molecule has 1 saturated carbocycles. The molecule has 678 valence electrons. The molecule has 0 radical (unpaired) electrons. The van der Waals surface area contributed by atoms with Crippen LogP contribution in [0.25, 0.3) is 221 Å². The van der Waals surface area contributed by atoms with Gasteiger partial charge >= 0.3 is 0 Å².